The Hall–Kier alpha value is -1.06. The minimum Gasteiger partial charge on any atom is -0.395 e. The molecule has 0 aliphatic carbocycles. The molecule has 0 spiro atoms. The van der Waals surface area contributed by atoms with Crippen molar-refractivity contribution < 1.29 is 10.2 Å². The summed E-state index contributed by atoms with van der Waals surface area (Å²) in [6, 6.07) is 7.67. The number of likely N-dealkylation sites (N-methyl/N-ethyl adjacent to an activating group) is 1. The average Bonchev–Trinajstić information content (AvgIpc) is 2.18. The van der Waals surface area contributed by atoms with Crippen LogP contribution in [0.3, 0.4) is 0 Å². The molecule has 0 aromatic heterocycles. The molecule has 3 nitrogen and oxygen atoms in total. The molecule has 1 atom stereocenters. The number of rotatable bonds is 4. The molecule has 1 rings (SSSR count). The van der Waals surface area contributed by atoms with Crippen molar-refractivity contribution in [3.8, 4) is 0 Å². The van der Waals surface area contributed by atoms with Gasteiger partial charge in [-0.25, -0.2) is 0 Å². The lowest BCUT2D eigenvalue weighted by molar-refractivity contribution is 0.199. The standard InChI is InChI=1S/C11H17NO2/c1-9(14)10-5-3-4-6-11(10)12(2)7-8-13/h3-6,9,13-14H,7-8H2,1-2H3. The number of nitrogens with zero attached hydrogens (tertiary/aromatic N) is 1. The Morgan fingerprint density at radius 2 is 2.00 bits per heavy atom. The van der Waals surface area contributed by atoms with Crippen molar-refractivity contribution in [1.29, 1.82) is 0 Å². The van der Waals surface area contributed by atoms with Gasteiger partial charge in [0.1, 0.15) is 0 Å². The minimum atomic E-state index is -0.479. The van der Waals surface area contributed by atoms with E-state index in [2.05, 4.69) is 0 Å². The maximum Gasteiger partial charge on any atom is 0.0781 e. The Bertz CT molecular complexity index is 286. The van der Waals surface area contributed by atoms with E-state index in [1.807, 2.05) is 36.2 Å². The van der Waals surface area contributed by atoms with Crippen LogP contribution in [0.5, 0.6) is 0 Å². The van der Waals surface area contributed by atoms with E-state index in [1.54, 1.807) is 6.92 Å². The Balaban J connectivity index is 2.94. The molecule has 3 heteroatoms. The number of hydrogen-bond acceptors (Lipinski definition) is 3. The van der Waals surface area contributed by atoms with E-state index in [0.29, 0.717) is 6.54 Å². The lowest BCUT2D eigenvalue weighted by Gasteiger charge is -2.22. The van der Waals surface area contributed by atoms with Crippen molar-refractivity contribution in [2.75, 3.05) is 25.1 Å². The van der Waals surface area contributed by atoms with Gasteiger partial charge in [0.15, 0.2) is 0 Å². The second-order valence-corrected chi connectivity index (χ2v) is 3.38. The quantitative estimate of drug-likeness (QED) is 0.758. The van der Waals surface area contributed by atoms with E-state index in [1.165, 1.54) is 0 Å². The van der Waals surface area contributed by atoms with Crippen LogP contribution in [0.15, 0.2) is 24.3 Å². The van der Waals surface area contributed by atoms with Gasteiger partial charge in [-0.1, -0.05) is 18.2 Å². The van der Waals surface area contributed by atoms with Crippen LogP contribution in [0.2, 0.25) is 0 Å². The summed E-state index contributed by atoms with van der Waals surface area (Å²) in [5.41, 5.74) is 1.86. The molecule has 0 saturated carbocycles. The predicted octanol–water partition coefficient (Wildman–Crippen LogP) is 1.17. The molecule has 0 radical (unpaired) electrons. The van der Waals surface area contributed by atoms with Crippen molar-refractivity contribution in [1.82, 2.24) is 0 Å². The molecular weight excluding hydrogens is 178 g/mol. The van der Waals surface area contributed by atoms with Crippen LogP contribution in [-0.4, -0.2) is 30.4 Å². The van der Waals surface area contributed by atoms with Gasteiger partial charge in [-0.05, 0) is 13.0 Å². The second kappa shape index (κ2) is 4.98. The van der Waals surface area contributed by atoms with E-state index in [-0.39, 0.29) is 6.61 Å². The van der Waals surface area contributed by atoms with E-state index in [4.69, 9.17) is 5.11 Å². The largest absolute Gasteiger partial charge is 0.395 e. The first kappa shape index (κ1) is 11.0. The zero-order chi connectivity index (χ0) is 10.6. The highest BCUT2D eigenvalue weighted by Crippen LogP contribution is 2.24. The summed E-state index contributed by atoms with van der Waals surface area (Å²) in [4.78, 5) is 1.93. The van der Waals surface area contributed by atoms with Gasteiger partial charge in [0, 0.05) is 24.8 Å². The molecule has 2 N–H and O–H groups in total. The van der Waals surface area contributed by atoms with E-state index in [9.17, 15) is 5.11 Å². The highest BCUT2D eigenvalue weighted by molar-refractivity contribution is 5.53. The number of benzene rings is 1. The fraction of sp³-hybridized carbons (Fsp3) is 0.455. The summed E-state index contributed by atoms with van der Waals surface area (Å²) in [5.74, 6) is 0. The fourth-order valence-electron chi connectivity index (χ4n) is 1.46. The van der Waals surface area contributed by atoms with Crippen LogP contribution in [0, 0.1) is 0 Å². The molecule has 1 unspecified atom stereocenters. The van der Waals surface area contributed by atoms with Gasteiger partial charge in [-0.3, -0.25) is 0 Å². The number of para-hydroxylation sites is 1. The number of aliphatic hydroxyl groups excluding tert-OH is 2. The molecule has 78 valence electrons. The molecule has 0 amide bonds. The van der Waals surface area contributed by atoms with Gasteiger partial charge in [-0.2, -0.15) is 0 Å². The molecule has 0 bridgehead atoms. The summed E-state index contributed by atoms with van der Waals surface area (Å²) < 4.78 is 0. The third-order valence-corrected chi connectivity index (χ3v) is 2.23. The first-order valence-electron chi connectivity index (χ1n) is 4.75. The summed E-state index contributed by atoms with van der Waals surface area (Å²) in [5, 5.41) is 18.4. The maximum atomic E-state index is 9.53. The molecule has 0 fully saturated rings. The van der Waals surface area contributed by atoms with Crippen LogP contribution in [-0.2, 0) is 0 Å². The third kappa shape index (κ3) is 2.47. The Morgan fingerprint density at radius 3 is 2.57 bits per heavy atom. The smallest absolute Gasteiger partial charge is 0.0781 e. The van der Waals surface area contributed by atoms with E-state index < -0.39 is 6.10 Å². The topological polar surface area (TPSA) is 43.7 Å². The molecule has 0 heterocycles. The highest BCUT2D eigenvalue weighted by atomic mass is 16.3. The van der Waals surface area contributed by atoms with Crippen LogP contribution < -0.4 is 4.90 Å². The SMILES string of the molecule is CC(O)c1ccccc1N(C)CCO. The van der Waals surface area contributed by atoms with Crippen LogP contribution in [0.25, 0.3) is 0 Å². The van der Waals surface area contributed by atoms with Gasteiger partial charge in [-0.15, -0.1) is 0 Å². The van der Waals surface area contributed by atoms with Crippen LogP contribution in [0.1, 0.15) is 18.6 Å². The van der Waals surface area contributed by atoms with Gasteiger partial charge < -0.3 is 15.1 Å². The average molecular weight is 195 g/mol. The lowest BCUT2D eigenvalue weighted by Crippen LogP contribution is -2.22. The van der Waals surface area contributed by atoms with Crippen LogP contribution in [0.4, 0.5) is 5.69 Å². The highest BCUT2D eigenvalue weighted by Gasteiger charge is 2.09. The number of aliphatic hydroxyl groups is 2. The summed E-state index contributed by atoms with van der Waals surface area (Å²) in [6.45, 7) is 2.43. The molecule has 0 aliphatic heterocycles. The molecule has 1 aromatic rings. The first-order chi connectivity index (χ1) is 6.66. The molecule has 14 heavy (non-hydrogen) atoms. The van der Waals surface area contributed by atoms with E-state index in [0.717, 1.165) is 11.3 Å². The molecule has 1 aromatic carbocycles. The Morgan fingerprint density at radius 1 is 1.36 bits per heavy atom. The zero-order valence-electron chi connectivity index (χ0n) is 8.64. The normalized spacial score (nSPS) is 12.6. The van der Waals surface area contributed by atoms with E-state index >= 15 is 0 Å². The Kier molecular flexibility index (Phi) is 3.92. The molecule has 0 saturated heterocycles. The van der Waals surface area contributed by atoms with Gasteiger partial charge >= 0.3 is 0 Å². The van der Waals surface area contributed by atoms with Crippen molar-refractivity contribution >= 4 is 5.69 Å². The molecular formula is C11H17NO2. The maximum absolute atomic E-state index is 9.53. The van der Waals surface area contributed by atoms with Gasteiger partial charge in [0.25, 0.3) is 0 Å². The van der Waals surface area contributed by atoms with Gasteiger partial charge in [0.2, 0.25) is 0 Å². The minimum absolute atomic E-state index is 0.116. The Labute approximate surface area is 84.6 Å². The lowest BCUT2D eigenvalue weighted by atomic mass is 10.1. The van der Waals surface area contributed by atoms with Crippen molar-refractivity contribution in [2.45, 2.75) is 13.0 Å². The van der Waals surface area contributed by atoms with Crippen molar-refractivity contribution in [3.63, 3.8) is 0 Å². The number of hydrogen-bond donors (Lipinski definition) is 2. The van der Waals surface area contributed by atoms with Crippen LogP contribution >= 0.6 is 0 Å². The number of anilines is 1. The third-order valence-electron chi connectivity index (χ3n) is 2.23. The van der Waals surface area contributed by atoms with Gasteiger partial charge in [0.05, 0.1) is 12.7 Å². The summed E-state index contributed by atoms with van der Waals surface area (Å²) in [6.07, 6.45) is -0.479. The second-order valence-electron chi connectivity index (χ2n) is 3.38. The summed E-state index contributed by atoms with van der Waals surface area (Å²) in [7, 11) is 1.90. The summed E-state index contributed by atoms with van der Waals surface area (Å²) >= 11 is 0. The predicted molar refractivity (Wildman–Crippen MR) is 57.4 cm³/mol. The van der Waals surface area contributed by atoms with Crippen molar-refractivity contribution in [2.24, 2.45) is 0 Å². The zero-order valence-corrected chi connectivity index (χ0v) is 8.64. The first-order valence-corrected chi connectivity index (χ1v) is 4.75. The fourth-order valence-corrected chi connectivity index (χ4v) is 1.46. The monoisotopic (exact) mass is 195 g/mol. The van der Waals surface area contributed by atoms with Crippen molar-refractivity contribution in [3.05, 3.63) is 29.8 Å². The molecule has 0 aliphatic rings.